The van der Waals surface area contributed by atoms with Gasteiger partial charge in [0.15, 0.2) is 5.82 Å². The molecular weight excluding hydrogens is 342 g/mol. The van der Waals surface area contributed by atoms with Crippen LogP contribution in [0.5, 0.6) is 0 Å². The highest BCUT2D eigenvalue weighted by Crippen LogP contribution is 2.23. The molecule has 3 aromatic rings. The van der Waals surface area contributed by atoms with Crippen molar-refractivity contribution in [2.75, 3.05) is 17.7 Å². The van der Waals surface area contributed by atoms with Crippen LogP contribution in [0.4, 0.5) is 23.1 Å². The number of rotatable bonds is 5. The maximum absolute atomic E-state index is 11.4. The van der Waals surface area contributed by atoms with Gasteiger partial charge in [-0.3, -0.25) is 0 Å². The Morgan fingerprint density at radius 1 is 1.08 bits per heavy atom. The molecular formula is C17H14ClN5O2. The normalized spacial score (nSPS) is 10.2. The molecule has 25 heavy (non-hydrogen) atoms. The molecule has 8 heteroatoms. The molecule has 0 saturated heterocycles. The van der Waals surface area contributed by atoms with Crippen molar-refractivity contribution in [3.63, 3.8) is 0 Å². The predicted molar refractivity (Wildman–Crippen MR) is 95.6 cm³/mol. The molecule has 1 aromatic heterocycles. The van der Waals surface area contributed by atoms with Crippen LogP contribution < -0.4 is 10.6 Å². The molecule has 2 aromatic carbocycles. The van der Waals surface area contributed by atoms with Gasteiger partial charge in [-0.15, -0.1) is 5.10 Å². The lowest BCUT2D eigenvalue weighted by atomic mass is 10.2. The zero-order valence-electron chi connectivity index (χ0n) is 13.2. The van der Waals surface area contributed by atoms with Gasteiger partial charge >= 0.3 is 5.97 Å². The molecule has 7 nitrogen and oxygen atoms in total. The molecule has 126 valence electrons. The largest absolute Gasteiger partial charge is 0.465 e. The number of hydrogen-bond acceptors (Lipinski definition) is 7. The lowest BCUT2D eigenvalue weighted by molar-refractivity contribution is 0.0601. The summed E-state index contributed by atoms with van der Waals surface area (Å²) >= 11 is 6.10. The minimum atomic E-state index is -0.388. The molecule has 0 unspecified atom stereocenters. The SMILES string of the molecule is COC(=O)c1ccc(Nc2cnnc(Nc3ccccc3Cl)n2)cc1. The van der Waals surface area contributed by atoms with Crippen molar-refractivity contribution < 1.29 is 9.53 Å². The monoisotopic (exact) mass is 355 g/mol. The summed E-state index contributed by atoms with van der Waals surface area (Å²) in [5.41, 5.74) is 1.90. The Morgan fingerprint density at radius 2 is 1.84 bits per heavy atom. The molecule has 0 bridgehead atoms. The van der Waals surface area contributed by atoms with E-state index in [0.29, 0.717) is 28.0 Å². The fourth-order valence-corrected chi connectivity index (χ4v) is 2.24. The summed E-state index contributed by atoms with van der Waals surface area (Å²) in [6.07, 6.45) is 1.49. The van der Waals surface area contributed by atoms with Gasteiger partial charge in [0.05, 0.1) is 29.6 Å². The van der Waals surface area contributed by atoms with Crippen LogP contribution in [0.2, 0.25) is 5.02 Å². The maximum atomic E-state index is 11.4. The highest BCUT2D eigenvalue weighted by atomic mass is 35.5. The minimum Gasteiger partial charge on any atom is -0.465 e. The summed E-state index contributed by atoms with van der Waals surface area (Å²) < 4.78 is 4.67. The smallest absolute Gasteiger partial charge is 0.337 e. The van der Waals surface area contributed by atoms with Gasteiger partial charge < -0.3 is 15.4 Å². The number of aromatic nitrogens is 3. The molecule has 0 saturated carbocycles. The van der Waals surface area contributed by atoms with Crippen LogP contribution in [0, 0.1) is 0 Å². The Kier molecular flexibility index (Phi) is 5.06. The van der Waals surface area contributed by atoms with Crippen molar-refractivity contribution in [2.24, 2.45) is 0 Å². The van der Waals surface area contributed by atoms with E-state index in [1.54, 1.807) is 30.3 Å². The van der Waals surface area contributed by atoms with Crippen molar-refractivity contribution >= 4 is 40.7 Å². The maximum Gasteiger partial charge on any atom is 0.337 e. The first-order valence-electron chi connectivity index (χ1n) is 7.32. The average Bonchev–Trinajstić information content (AvgIpc) is 2.64. The standard InChI is InChI=1S/C17H14ClN5O2/c1-25-16(24)11-6-8-12(9-7-11)20-15-10-19-23-17(22-15)21-14-5-3-2-4-13(14)18/h2-10H,1H3,(H2,20,21,22,23). The van der Waals surface area contributed by atoms with E-state index in [4.69, 9.17) is 11.6 Å². The van der Waals surface area contributed by atoms with Crippen LogP contribution in [0.25, 0.3) is 0 Å². The van der Waals surface area contributed by atoms with Crippen molar-refractivity contribution in [3.8, 4) is 0 Å². The van der Waals surface area contributed by atoms with E-state index in [9.17, 15) is 4.79 Å². The van der Waals surface area contributed by atoms with Crippen molar-refractivity contribution in [2.45, 2.75) is 0 Å². The topological polar surface area (TPSA) is 89.0 Å². The molecule has 1 heterocycles. The molecule has 0 aliphatic rings. The number of para-hydroxylation sites is 1. The van der Waals surface area contributed by atoms with Gasteiger partial charge in [-0.2, -0.15) is 10.1 Å². The van der Waals surface area contributed by atoms with Gasteiger partial charge in [-0.25, -0.2) is 4.79 Å². The zero-order valence-corrected chi connectivity index (χ0v) is 14.0. The Balaban J connectivity index is 1.73. The number of carbonyl (C=O) groups is 1. The summed E-state index contributed by atoms with van der Waals surface area (Å²) in [7, 11) is 1.34. The predicted octanol–water partition coefficient (Wildman–Crippen LogP) is 3.80. The van der Waals surface area contributed by atoms with E-state index in [-0.39, 0.29) is 5.97 Å². The number of ether oxygens (including phenoxy) is 1. The second kappa shape index (κ2) is 7.59. The lowest BCUT2D eigenvalue weighted by Gasteiger charge is -2.09. The fraction of sp³-hybridized carbons (Fsp3) is 0.0588. The van der Waals surface area contributed by atoms with Gasteiger partial charge in [-0.1, -0.05) is 23.7 Å². The Bertz CT molecular complexity index is 886. The van der Waals surface area contributed by atoms with E-state index in [0.717, 1.165) is 5.69 Å². The molecule has 0 spiro atoms. The van der Waals surface area contributed by atoms with Gasteiger partial charge in [0.2, 0.25) is 5.95 Å². The van der Waals surface area contributed by atoms with Gasteiger partial charge in [0.1, 0.15) is 0 Å². The van der Waals surface area contributed by atoms with Crippen LogP contribution >= 0.6 is 11.6 Å². The number of carbonyl (C=O) groups excluding carboxylic acids is 1. The van der Waals surface area contributed by atoms with Gasteiger partial charge in [0, 0.05) is 5.69 Å². The quantitative estimate of drug-likeness (QED) is 0.673. The summed E-state index contributed by atoms with van der Waals surface area (Å²) in [4.78, 5) is 15.8. The van der Waals surface area contributed by atoms with Crippen LogP contribution in [-0.4, -0.2) is 28.3 Å². The van der Waals surface area contributed by atoms with Crippen LogP contribution in [0.3, 0.4) is 0 Å². The average molecular weight is 356 g/mol. The molecule has 0 fully saturated rings. The number of benzene rings is 2. The van der Waals surface area contributed by atoms with Gasteiger partial charge in [0.25, 0.3) is 0 Å². The third-order valence-corrected chi connectivity index (χ3v) is 3.59. The third-order valence-electron chi connectivity index (χ3n) is 3.26. The molecule has 0 radical (unpaired) electrons. The molecule has 2 N–H and O–H groups in total. The lowest BCUT2D eigenvalue weighted by Crippen LogP contribution is -2.03. The number of esters is 1. The van der Waals surface area contributed by atoms with E-state index in [2.05, 4.69) is 30.6 Å². The fourth-order valence-electron chi connectivity index (χ4n) is 2.06. The number of methoxy groups -OCH3 is 1. The minimum absolute atomic E-state index is 0.310. The number of hydrogen-bond donors (Lipinski definition) is 2. The summed E-state index contributed by atoms with van der Waals surface area (Å²) in [6, 6.07) is 14.1. The summed E-state index contributed by atoms with van der Waals surface area (Å²) in [5, 5.41) is 14.5. The van der Waals surface area contributed by atoms with Crippen LogP contribution in [0.15, 0.2) is 54.7 Å². The first-order chi connectivity index (χ1) is 12.2. The van der Waals surface area contributed by atoms with E-state index >= 15 is 0 Å². The second-order valence-corrected chi connectivity index (χ2v) is 5.37. The number of nitrogens with one attached hydrogen (secondary N) is 2. The van der Waals surface area contributed by atoms with Crippen LogP contribution in [-0.2, 0) is 4.74 Å². The molecule has 0 aliphatic carbocycles. The summed E-state index contributed by atoms with van der Waals surface area (Å²) in [5.74, 6) is 0.418. The van der Waals surface area contributed by atoms with Crippen molar-refractivity contribution in [1.29, 1.82) is 0 Å². The molecule has 0 atom stereocenters. The Morgan fingerprint density at radius 3 is 2.56 bits per heavy atom. The zero-order chi connectivity index (χ0) is 17.6. The van der Waals surface area contributed by atoms with Crippen LogP contribution in [0.1, 0.15) is 10.4 Å². The number of anilines is 4. The second-order valence-electron chi connectivity index (χ2n) is 4.96. The first kappa shape index (κ1) is 16.7. The highest BCUT2D eigenvalue weighted by molar-refractivity contribution is 6.33. The first-order valence-corrected chi connectivity index (χ1v) is 7.70. The van der Waals surface area contributed by atoms with Gasteiger partial charge in [-0.05, 0) is 36.4 Å². The Labute approximate surface area is 149 Å². The molecule has 0 amide bonds. The Hall–Kier alpha value is -3.19. The van der Waals surface area contributed by atoms with E-state index in [1.165, 1.54) is 13.3 Å². The van der Waals surface area contributed by atoms with Crippen molar-refractivity contribution in [3.05, 3.63) is 65.3 Å². The van der Waals surface area contributed by atoms with E-state index in [1.807, 2.05) is 18.2 Å². The molecule has 3 rings (SSSR count). The highest BCUT2D eigenvalue weighted by Gasteiger charge is 2.06. The van der Waals surface area contributed by atoms with Crippen molar-refractivity contribution in [1.82, 2.24) is 15.2 Å². The molecule has 0 aliphatic heterocycles. The van der Waals surface area contributed by atoms with E-state index < -0.39 is 0 Å². The number of halogens is 1. The summed E-state index contributed by atoms with van der Waals surface area (Å²) in [6.45, 7) is 0. The number of nitrogens with zero attached hydrogens (tertiary/aromatic N) is 3. The third kappa shape index (κ3) is 4.21.